The number of carbonyl (C=O) groups is 1. The Morgan fingerprint density at radius 1 is 1.21 bits per heavy atom. The third-order valence-electron chi connectivity index (χ3n) is 6.90. The van der Waals surface area contributed by atoms with Gasteiger partial charge in [-0.2, -0.15) is 4.98 Å². The summed E-state index contributed by atoms with van der Waals surface area (Å²) in [5, 5.41) is 12.8. The van der Waals surface area contributed by atoms with Crippen LogP contribution in [-0.2, 0) is 6.54 Å². The van der Waals surface area contributed by atoms with Gasteiger partial charge in [-0.05, 0) is 31.5 Å². The standard InChI is InChI=1S/C27H37N7O4/c1-4-5-18(2)29-24-23-21(30-27(28)31-24)8-9-34(26(23)37)17-20-7-6-19(16-22(20)38-3)25(36)33-12-10-32(11-13-33)14-15-35/h6-9,16,18,35H,4-5,10-15,17H2,1-3H3,(H3,28,29,30,31)/t18-/m1/s1. The SMILES string of the molecule is CCC[C@@H](C)Nc1nc(N)nc2ccn(Cc3ccc(C(=O)N4CCN(CCO)CC4)cc3OC)c(=O)c12. The Balaban J connectivity index is 1.58. The number of ether oxygens (including phenoxy) is 1. The van der Waals surface area contributed by atoms with E-state index in [1.54, 1.807) is 36.1 Å². The maximum atomic E-state index is 13.5. The van der Waals surface area contributed by atoms with Crippen molar-refractivity contribution in [3.05, 3.63) is 51.9 Å². The molecule has 1 amide bonds. The number of aliphatic hydroxyl groups is 1. The van der Waals surface area contributed by atoms with Crippen LogP contribution >= 0.6 is 0 Å². The van der Waals surface area contributed by atoms with Crippen molar-refractivity contribution in [3.63, 3.8) is 0 Å². The lowest BCUT2D eigenvalue weighted by molar-refractivity contribution is 0.0614. The Kier molecular flexibility index (Phi) is 8.80. The number of piperazine rings is 1. The Morgan fingerprint density at radius 2 is 1.97 bits per heavy atom. The van der Waals surface area contributed by atoms with E-state index in [2.05, 4.69) is 27.1 Å². The topological polar surface area (TPSA) is 139 Å². The minimum Gasteiger partial charge on any atom is -0.496 e. The van der Waals surface area contributed by atoms with Crippen molar-refractivity contribution < 1.29 is 14.6 Å². The molecule has 0 spiro atoms. The van der Waals surface area contributed by atoms with Gasteiger partial charge in [0.1, 0.15) is 17.0 Å². The number of amides is 1. The molecule has 2 aromatic heterocycles. The number of nitrogens with two attached hydrogens (primary N) is 1. The highest BCUT2D eigenvalue weighted by molar-refractivity contribution is 5.95. The molecule has 0 saturated carbocycles. The molecule has 1 aromatic carbocycles. The number of carbonyl (C=O) groups excluding carboxylic acids is 1. The predicted molar refractivity (Wildman–Crippen MR) is 148 cm³/mol. The molecule has 11 heteroatoms. The average Bonchev–Trinajstić information content (AvgIpc) is 2.90. The molecule has 1 aliphatic rings. The Labute approximate surface area is 222 Å². The fourth-order valence-electron chi connectivity index (χ4n) is 4.86. The second-order valence-corrected chi connectivity index (χ2v) is 9.66. The molecule has 1 aliphatic heterocycles. The van der Waals surface area contributed by atoms with Gasteiger partial charge >= 0.3 is 0 Å². The minimum atomic E-state index is -0.239. The Hall–Kier alpha value is -3.70. The quantitative estimate of drug-likeness (QED) is 0.363. The number of nitrogens with zero attached hydrogens (tertiary/aromatic N) is 5. The zero-order valence-electron chi connectivity index (χ0n) is 22.3. The smallest absolute Gasteiger partial charge is 0.264 e. The third-order valence-corrected chi connectivity index (χ3v) is 6.90. The lowest BCUT2D eigenvalue weighted by atomic mass is 10.1. The number of aromatic nitrogens is 3. The zero-order valence-corrected chi connectivity index (χ0v) is 22.3. The van der Waals surface area contributed by atoms with Crippen LogP contribution in [-0.4, -0.2) is 87.8 Å². The summed E-state index contributed by atoms with van der Waals surface area (Å²) in [6, 6.07) is 7.20. The first-order valence-electron chi connectivity index (χ1n) is 13.1. The second kappa shape index (κ2) is 12.2. The number of anilines is 2. The van der Waals surface area contributed by atoms with Crippen LogP contribution in [0.2, 0.25) is 0 Å². The molecule has 0 aliphatic carbocycles. The normalized spacial score (nSPS) is 15.0. The number of pyridine rings is 1. The fraction of sp³-hybridized carbons (Fsp3) is 0.481. The molecule has 4 rings (SSSR count). The van der Waals surface area contributed by atoms with Crippen LogP contribution in [0.1, 0.15) is 42.6 Å². The van der Waals surface area contributed by atoms with Gasteiger partial charge in [-0.15, -0.1) is 0 Å². The van der Waals surface area contributed by atoms with Crippen molar-refractivity contribution >= 4 is 28.6 Å². The highest BCUT2D eigenvalue weighted by Gasteiger charge is 2.23. The number of nitrogen functional groups attached to an aromatic ring is 1. The monoisotopic (exact) mass is 523 g/mol. The number of benzene rings is 1. The first-order chi connectivity index (χ1) is 18.3. The third kappa shape index (κ3) is 6.05. The highest BCUT2D eigenvalue weighted by Crippen LogP contribution is 2.24. The molecule has 0 bridgehead atoms. The van der Waals surface area contributed by atoms with Crippen LogP contribution in [0.25, 0.3) is 10.9 Å². The maximum absolute atomic E-state index is 13.5. The van der Waals surface area contributed by atoms with E-state index in [1.165, 1.54) is 0 Å². The summed E-state index contributed by atoms with van der Waals surface area (Å²) >= 11 is 0. The van der Waals surface area contributed by atoms with E-state index in [0.29, 0.717) is 47.7 Å². The largest absolute Gasteiger partial charge is 0.496 e. The van der Waals surface area contributed by atoms with E-state index < -0.39 is 0 Å². The summed E-state index contributed by atoms with van der Waals surface area (Å²) in [4.78, 5) is 39.2. The van der Waals surface area contributed by atoms with Gasteiger partial charge in [-0.3, -0.25) is 14.5 Å². The first-order valence-corrected chi connectivity index (χ1v) is 13.1. The van der Waals surface area contributed by atoms with Crippen molar-refractivity contribution in [1.82, 2.24) is 24.3 Å². The van der Waals surface area contributed by atoms with Crippen LogP contribution in [0.15, 0.2) is 35.3 Å². The fourth-order valence-corrected chi connectivity index (χ4v) is 4.86. The molecule has 204 valence electrons. The molecular weight excluding hydrogens is 486 g/mol. The number of methoxy groups -OCH3 is 1. The minimum absolute atomic E-state index is 0.0620. The number of hydrogen-bond acceptors (Lipinski definition) is 9. The van der Waals surface area contributed by atoms with Crippen LogP contribution < -0.4 is 21.3 Å². The number of β-amino-alcohol motifs (C(OH)–C–C–N with tert-alkyl or cyclic N) is 1. The molecule has 11 nitrogen and oxygen atoms in total. The summed E-state index contributed by atoms with van der Waals surface area (Å²) in [5.41, 5.74) is 7.45. The van der Waals surface area contributed by atoms with Gasteiger partial charge in [-0.25, -0.2) is 4.98 Å². The summed E-state index contributed by atoms with van der Waals surface area (Å²) in [6.07, 6.45) is 3.60. The van der Waals surface area contributed by atoms with Gasteiger partial charge in [0.2, 0.25) is 5.95 Å². The lowest BCUT2D eigenvalue weighted by Crippen LogP contribution is -2.49. The summed E-state index contributed by atoms with van der Waals surface area (Å²) in [5.74, 6) is 1.01. The van der Waals surface area contributed by atoms with E-state index in [-0.39, 0.29) is 36.6 Å². The van der Waals surface area contributed by atoms with E-state index in [1.807, 2.05) is 17.9 Å². The molecule has 3 heterocycles. The number of hydrogen-bond donors (Lipinski definition) is 3. The second-order valence-electron chi connectivity index (χ2n) is 9.66. The van der Waals surface area contributed by atoms with Crippen molar-refractivity contribution in [1.29, 1.82) is 0 Å². The zero-order chi connectivity index (χ0) is 27.2. The van der Waals surface area contributed by atoms with E-state index in [4.69, 9.17) is 15.6 Å². The molecular formula is C27H37N7O4. The molecule has 0 radical (unpaired) electrons. The summed E-state index contributed by atoms with van der Waals surface area (Å²) in [7, 11) is 1.55. The molecule has 38 heavy (non-hydrogen) atoms. The van der Waals surface area contributed by atoms with Gasteiger partial charge in [0, 0.05) is 56.1 Å². The van der Waals surface area contributed by atoms with Gasteiger partial charge in [0.25, 0.3) is 11.5 Å². The van der Waals surface area contributed by atoms with Gasteiger partial charge in [0.05, 0.1) is 25.8 Å². The molecule has 1 fully saturated rings. The van der Waals surface area contributed by atoms with Crippen molar-refractivity contribution in [3.8, 4) is 5.75 Å². The molecule has 1 atom stereocenters. The van der Waals surface area contributed by atoms with Crippen molar-refractivity contribution in [2.24, 2.45) is 0 Å². The number of rotatable bonds is 10. The Bertz CT molecular complexity index is 1330. The number of aliphatic hydroxyl groups excluding tert-OH is 1. The van der Waals surface area contributed by atoms with Gasteiger partial charge in [-0.1, -0.05) is 19.4 Å². The van der Waals surface area contributed by atoms with E-state index in [0.717, 1.165) is 31.5 Å². The lowest BCUT2D eigenvalue weighted by Gasteiger charge is -2.34. The van der Waals surface area contributed by atoms with Crippen LogP contribution in [0, 0.1) is 0 Å². The maximum Gasteiger partial charge on any atom is 0.264 e. The Morgan fingerprint density at radius 3 is 2.66 bits per heavy atom. The van der Waals surface area contributed by atoms with E-state index in [9.17, 15) is 9.59 Å². The van der Waals surface area contributed by atoms with Crippen molar-refractivity contribution in [2.45, 2.75) is 39.3 Å². The van der Waals surface area contributed by atoms with E-state index >= 15 is 0 Å². The summed E-state index contributed by atoms with van der Waals surface area (Å²) < 4.78 is 7.20. The van der Waals surface area contributed by atoms with Crippen LogP contribution in [0.5, 0.6) is 5.75 Å². The highest BCUT2D eigenvalue weighted by atomic mass is 16.5. The number of fused-ring (bicyclic) bond motifs is 1. The number of nitrogens with one attached hydrogen (secondary N) is 1. The summed E-state index contributed by atoms with van der Waals surface area (Å²) in [6.45, 7) is 7.80. The molecule has 3 aromatic rings. The van der Waals surface area contributed by atoms with Crippen molar-refractivity contribution in [2.75, 3.05) is 57.5 Å². The molecule has 0 unspecified atom stereocenters. The van der Waals surface area contributed by atoms with Crippen LogP contribution in [0.3, 0.4) is 0 Å². The van der Waals surface area contributed by atoms with Crippen LogP contribution in [0.4, 0.5) is 11.8 Å². The first kappa shape index (κ1) is 27.3. The molecule has 4 N–H and O–H groups in total. The average molecular weight is 524 g/mol. The van der Waals surface area contributed by atoms with Gasteiger partial charge in [0.15, 0.2) is 0 Å². The van der Waals surface area contributed by atoms with Gasteiger partial charge < -0.3 is 30.4 Å². The molecule has 1 saturated heterocycles. The predicted octanol–water partition coefficient (Wildman–Crippen LogP) is 1.78.